The van der Waals surface area contributed by atoms with E-state index in [9.17, 15) is 5.11 Å². The summed E-state index contributed by atoms with van der Waals surface area (Å²) >= 11 is 0. The molecule has 3 nitrogen and oxygen atoms in total. The first-order valence-corrected chi connectivity index (χ1v) is 3.98. The van der Waals surface area contributed by atoms with Gasteiger partial charge in [0.15, 0.2) is 0 Å². The van der Waals surface area contributed by atoms with E-state index in [0.29, 0.717) is 11.7 Å². The summed E-state index contributed by atoms with van der Waals surface area (Å²) in [6.45, 7) is 0. The van der Waals surface area contributed by atoms with E-state index in [-0.39, 0.29) is 5.84 Å². The number of aliphatic hydroxyl groups excluding tert-OH is 1. The molecule has 1 aliphatic rings. The average molecular weight is 155 g/mol. The van der Waals surface area contributed by atoms with Crippen LogP contribution in [-0.4, -0.2) is 10.9 Å². The van der Waals surface area contributed by atoms with E-state index in [1.54, 1.807) is 0 Å². The molecule has 1 rings (SSSR count). The molecule has 0 spiro atoms. The van der Waals surface area contributed by atoms with Crippen LogP contribution in [0.4, 0.5) is 0 Å². The average Bonchev–Trinajstić information content (AvgIpc) is 2.35. The maximum Gasteiger partial charge on any atom is 0.266 e. The highest BCUT2D eigenvalue weighted by atomic mass is 16.3. The predicted octanol–water partition coefficient (Wildman–Crippen LogP) is -0.265. The van der Waals surface area contributed by atoms with Crippen molar-refractivity contribution in [2.24, 2.45) is 11.7 Å². The van der Waals surface area contributed by atoms with E-state index in [1.807, 2.05) is 0 Å². The normalized spacial score (nSPS) is 20.5. The molecule has 62 valence electrons. The van der Waals surface area contributed by atoms with Gasteiger partial charge in [-0.3, -0.25) is 11.1 Å². The molecule has 0 aromatic rings. The molecule has 3 heteroatoms. The smallest absolute Gasteiger partial charge is 0.266 e. The van der Waals surface area contributed by atoms with Crippen LogP contribution in [-0.2, 0) is 0 Å². The highest BCUT2D eigenvalue weighted by Gasteiger charge is 2.19. The number of allylic oxidation sites excluding steroid dienone is 1. The van der Waals surface area contributed by atoms with Gasteiger partial charge in [-0.1, -0.05) is 12.8 Å². The Labute approximate surface area is 66.4 Å². The van der Waals surface area contributed by atoms with Gasteiger partial charge in [0.2, 0.25) is 0 Å². The molecule has 0 heterocycles. The first-order valence-electron chi connectivity index (χ1n) is 3.98. The lowest BCUT2D eigenvalue weighted by molar-refractivity contribution is -0.113. The third-order valence-corrected chi connectivity index (χ3v) is 2.09. The number of amidine groups is 1. The molecule has 0 aliphatic heterocycles. The molecule has 0 radical (unpaired) electrons. The monoisotopic (exact) mass is 155 g/mol. The second-order valence-electron chi connectivity index (χ2n) is 3.05. The lowest BCUT2D eigenvalue weighted by Crippen LogP contribution is -2.44. The number of rotatable bonds is 2. The third-order valence-electron chi connectivity index (χ3n) is 2.09. The van der Waals surface area contributed by atoms with Gasteiger partial charge in [0.25, 0.3) is 5.84 Å². The molecule has 0 saturated heterocycles. The first-order chi connectivity index (χ1) is 5.20. The molecule has 0 bridgehead atoms. The van der Waals surface area contributed by atoms with Crippen molar-refractivity contribution < 1.29 is 10.5 Å². The Morgan fingerprint density at radius 1 is 1.45 bits per heavy atom. The maximum atomic E-state index is 9.40. The summed E-state index contributed by atoms with van der Waals surface area (Å²) in [7, 11) is 0. The van der Waals surface area contributed by atoms with Crippen molar-refractivity contribution in [2.45, 2.75) is 25.7 Å². The Bertz CT molecular complexity index is 181. The Balaban J connectivity index is 2.51. The van der Waals surface area contributed by atoms with Crippen LogP contribution in [0.1, 0.15) is 25.7 Å². The molecule has 0 atom stereocenters. The standard InChI is InChI=1S/C8H14N2O/c9-8(10)5-7(11)6-3-1-2-4-6/h5-6,11H,1-4H2,(H3,9,10)/p+1/b7-5-. The number of hydrogen-bond donors (Lipinski definition) is 3. The van der Waals surface area contributed by atoms with Crippen molar-refractivity contribution in [2.75, 3.05) is 0 Å². The van der Waals surface area contributed by atoms with Crippen molar-refractivity contribution in [1.29, 1.82) is 0 Å². The van der Waals surface area contributed by atoms with Crippen LogP contribution in [0.5, 0.6) is 0 Å². The van der Waals surface area contributed by atoms with Gasteiger partial charge in [-0.2, -0.15) is 0 Å². The van der Waals surface area contributed by atoms with Gasteiger partial charge < -0.3 is 5.11 Å². The van der Waals surface area contributed by atoms with Crippen molar-refractivity contribution in [1.82, 2.24) is 0 Å². The summed E-state index contributed by atoms with van der Waals surface area (Å²) in [4.78, 5) is 0. The number of aliphatic hydroxyl groups is 1. The summed E-state index contributed by atoms with van der Waals surface area (Å²) < 4.78 is 0. The predicted molar refractivity (Wildman–Crippen MR) is 43.8 cm³/mol. The molecule has 0 aromatic carbocycles. The van der Waals surface area contributed by atoms with Crippen LogP contribution < -0.4 is 11.1 Å². The number of nitrogens with two attached hydrogens (primary N) is 2. The Morgan fingerprint density at radius 3 is 2.45 bits per heavy atom. The Morgan fingerprint density at radius 2 is 2.00 bits per heavy atom. The van der Waals surface area contributed by atoms with E-state index in [1.165, 1.54) is 18.9 Å². The zero-order chi connectivity index (χ0) is 8.27. The van der Waals surface area contributed by atoms with Crippen molar-refractivity contribution in [3.63, 3.8) is 0 Å². The fraction of sp³-hybridized carbons (Fsp3) is 0.625. The van der Waals surface area contributed by atoms with Crippen LogP contribution in [0, 0.1) is 5.92 Å². The topological polar surface area (TPSA) is 71.8 Å². The Kier molecular flexibility index (Phi) is 2.52. The zero-order valence-corrected chi connectivity index (χ0v) is 6.59. The van der Waals surface area contributed by atoms with Crippen LogP contribution in [0.3, 0.4) is 0 Å². The van der Waals surface area contributed by atoms with Crippen LogP contribution in [0.15, 0.2) is 11.8 Å². The molecular formula is C8H15N2O+. The van der Waals surface area contributed by atoms with E-state index in [4.69, 9.17) is 11.1 Å². The molecule has 1 aliphatic carbocycles. The van der Waals surface area contributed by atoms with Crippen LogP contribution >= 0.6 is 0 Å². The Hall–Kier alpha value is -0.990. The van der Waals surface area contributed by atoms with E-state index in [0.717, 1.165) is 12.8 Å². The van der Waals surface area contributed by atoms with Gasteiger partial charge in [0.05, 0.1) is 6.08 Å². The largest absolute Gasteiger partial charge is 0.512 e. The molecule has 5 N–H and O–H groups in total. The summed E-state index contributed by atoms with van der Waals surface area (Å²) in [5, 5.41) is 14.6. The maximum absolute atomic E-state index is 9.40. The zero-order valence-electron chi connectivity index (χ0n) is 6.59. The fourth-order valence-electron chi connectivity index (χ4n) is 1.51. The van der Waals surface area contributed by atoms with Gasteiger partial charge in [-0.05, 0) is 12.8 Å². The highest BCUT2D eigenvalue weighted by molar-refractivity contribution is 5.86. The van der Waals surface area contributed by atoms with E-state index >= 15 is 0 Å². The van der Waals surface area contributed by atoms with Gasteiger partial charge in [0.1, 0.15) is 5.76 Å². The minimum absolute atomic E-state index is 0.189. The molecule has 1 fully saturated rings. The van der Waals surface area contributed by atoms with Gasteiger partial charge >= 0.3 is 0 Å². The summed E-state index contributed by atoms with van der Waals surface area (Å²) in [5.41, 5.74) is 5.22. The minimum Gasteiger partial charge on any atom is -0.512 e. The third kappa shape index (κ3) is 2.26. The molecule has 1 saturated carbocycles. The highest BCUT2D eigenvalue weighted by Crippen LogP contribution is 2.29. The van der Waals surface area contributed by atoms with Gasteiger partial charge in [-0.15, -0.1) is 0 Å². The second kappa shape index (κ2) is 3.42. The van der Waals surface area contributed by atoms with Crippen LogP contribution in [0.2, 0.25) is 0 Å². The van der Waals surface area contributed by atoms with Crippen molar-refractivity contribution >= 4 is 5.84 Å². The van der Waals surface area contributed by atoms with E-state index < -0.39 is 0 Å². The van der Waals surface area contributed by atoms with Crippen molar-refractivity contribution in [3.05, 3.63) is 11.8 Å². The lowest BCUT2D eigenvalue weighted by atomic mass is 10.1. The molecular weight excluding hydrogens is 140 g/mol. The van der Waals surface area contributed by atoms with Gasteiger partial charge in [0, 0.05) is 5.92 Å². The summed E-state index contributed by atoms with van der Waals surface area (Å²) in [6, 6.07) is 0. The number of hydrogen-bond acceptors (Lipinski definition) is 1. The molecule has 0 unspecified atom stereocenters. The lowest BCUT2D eigenvalue weighted by Gasteiger charge is -2.05. The second-order valence-corrected chi connectivity index (χ2v) is 3.05. The quantitative estimate of drug-likeness (QED) is 0.292. The molecule has 0 amide bonds. The minimum atomic E-state index is 0.189. The first kappa shape index (κ1) is 8.11. The van der Waals surface area contributed by atoms with Crippen LogP contribution in [0.25, 0.3) is 0 Å². The van der Waals surface area contributed by atoms with Gasteiger partial charge in [-0.25, -0.2) is 0 Å². The summed E-state index contributed by atoms with van der Waals surface area (Å²) in [6.07, 6.45) is 5.99. The van der Waals surface area contributed by atoms with Crippen molar-refractivity contribution in [3.8, 4) is 0 Å². The SMILES string of the molecule is NC(=[NH2+])/C=C(\O)C1CCCC1. The summed E-state index contributed by atoms with van der Waals surface area (Å²) in [5.74, 6) is 0.842. The molecule has 0 aromatic heterocycles. The fourth-order valence-corrected chi connectivity index (χ4v) is 1.51. The van der Waals surface area contributed by atoms with E-state index in [2.05, 4.69) is 0 Å². The molecule has 11 heavy (non-hydrogen) atoms.